The van der Waals surface area contributed by atoms with Crippen molar-refractivity contribution in [1.82, 2.24) is 20.4 Å². The maximum atomic E-state index is 13.4. The van der Waals surface area contributed by atoms with Crippen LogP contribution in [0.15, 0.2) is 65.9 Å². The Bertz CT molecular complexity index is 1000. The lowest BCUT2D eigenvalue weighted by atomic mass is 9.95. The molecule has 7 nitrogen and oxygen atoms in total. The van der Waals surface area contributed by atoms with Gasteiger partial charge in [-0.3, -0.25) is 9.80 Å². The number of rotatable bonds is 7. The summed E-state index contributed by atoms with van der Waals surface area (Å²) in [5.41, 5.74) is 2.79. The zero-order chi connectivity index (χ0) is 23.2. The third-order valence-corrected chi connectivity index (χ3v) is 5.95. The second kappa shape index (κ2) is 10.6. The highest BCUT2D eigenvalue weighted by Gasteiger charge is 2.34. The predicted octanol–water partition coefficient (Wildman–Crippen LogP) is 2.81. The van der Waals surface area contributed by atoms with Gasteiger partial charge >= 0.3 is 12.0 Å². The van der Waals surface area contributed by atoms with Crippen LogP contribution in [0, 0.1) is 5.82 Å². The van der Waals surface area contributed by atoms with Crippen molar-refractivity contribution in [3.63, 3.8) is 0 Å². The first-order valence-corrected chi connectivity index (χ1v) is 11.2. The average molecular weight is 453 g/mol. The van der Waals surface area contributed by atoms with Gasteiger partial charge in [0.2, 0.25) is 0 Å². The van der Waals surface area contributed by atoms with Crippen LogP contribution in [0.3, 0.4) is 0 Å². The van der Waals surface area contributed by atoms with E-state index in [0.29, 0.717) is 23.4 Å². The molecule has 0 unspecified atom stereocenters. The van der Waals surface area contributed by atoms with Gasteiger partial charge in [0.15, 0.2) is 0 Å². The van der Waals surface area contributed by atoms with Gasteiger partial charge in [-0.05, 0) is 30.2 Å². The molecule has 2 aromatic carbocycles. The molecule has 0 saturated carbocycles. The van der Waals surface area contributed by atoms with Crippen LogP contribution in [0.5, 0.6) is 0 Å². The fourth-order valence-corrected chi connectivity index (χ4v) is 4.27. The van der Waals surface area contributed by atoms with Gasteiger partial charge in [0, 0.05) is 45.0 Å². The molecule has 2 N–H and O–H groups in total. The van der Waals surface area contributed by atoms with Gasteiger partial charge < -0.3 is 15.4 Å². The Morgan fingerprint density at radius 3 is 2.27 bits per heavy atom. The summed E-state index contributed by atoms with van der Waals surface area (Å²) in [7, 11) is 0. The number of nitrogens with one attached hydrogen (secondary N) is 2. The van der Waals surface area contributed by atoms with E-state index < -0.39 is 18.0 Å². The molecule has 0 aliphatic carbocycles. The summed E-state index contributed by atoms with van der Waals surface area (Å²) >= 11 is 0. The van der Waals surface area contributed by atoms with Crippen LogP contribution >= 0.6 is 0 Å². The Hall–Kier alpha value is -3.23. The number of urea groups is 1. The Kier molecular flexibility index (Phi) is 7.36. The standard InChI is InChI=1S/C25H29FN4O3/c1-2-33-24(31)22-21(27-25(32)28-23(22)19-8-10-20(26)11-9-19)17-30-14-12-29(13-15-30)16-18-6-4-3-5-7-18/h3-11,23H,2,12-17H2,1H3,(H2,27,28,32)/t23-/m1/s1. The summed E-state index contributed by atoms with van der Waals surface area (Å²) in [5.74, 6) is -0.869. The fourth-order valence-electron chi connectivity index (χ4n) is 4.27. The quantitative estimate of drug-likeness (QED) is 0.632. The predicted molar refractivity (Wildman–Crippen MR) is 123 cm³/mol. The average Bonchev–Trinajstić information content (AvgIpc) is 2.81. The number of carbonyl (C=O) groups excluding carboxylic acids is 2. The van der Waals surface area contributed by atoms with E-state index in [2.05, 4.69) is 32.6 Å². The Labute approximate surface area is 193 Å². The lowest BCUT2D eigenvalue weighted by molar-refractivity contribution is -0.139. The summed E-state index contributed by atoms with van der Waals surface area (Å²) in [6.07, 6.45) is 0. The van der Waals surface area contributed by atoms with Crippen molar-refractivity contribution < 1.29 is 18.7 Å². The maximum absolute atomic E-state index is 13.4. The van der Waals surface area contributed by atoms with E-state index in [4.69, 9.17) is 4.74 Å². The second-order valence-corrected chi connectivity index (χ2v) is 8.23. The molecular formula is C25H29FN4O3. The third-order valence-electron chi connectivity index (χ3n) is 5.95. The summed E-state index contributed by atoms with van der Waals surface area (Å²) in [5, 5.41) is 5.60. The minimum Gasteiger partial charge on any atom is -0.463 e. The number of piperazine rings is 1. The Morgan fingerprint density at radius 1 is 1.00 bits per heavy atom. The first kappa shape index (κ1) is 22.9. The number of carbonyl (C=O) groups is 2. The molecule has 2 aliphatic rings. The topological polar surface area (TPSA) is 73.9 Å². The molecule has 0 spiro atoms. The number of halogens is 1. The largest absolute Gasteiger partial charge is 0.463 e. The van der Waals surface area contributed by atoms with Crippen LogP contribution in [-0.2, 0) is 16.1 Å². The van der Waals surface area contributed by atoms with E-state index in [1.165, 1.54) is 17.7 Å². The van der Waals surface area contributed by atoms with E-state index in [9.17, 15) is 14.0 Å². The van der Waals surface area contributed by atoms with Crippen molar-refractivity contribution >= 4 is 12.0 Å². The van der Waals surface area contributed by atoms with Gasteiger partial charge in [-0.15, -0.1) is 0 Å². The van der Waals surface area contributed by atoms with Gasteiger partial charge in [0.1, 0.15) is 5.82 Å². The van der Waals surface area contributed by atoms with Crippen molar-refractivity contribution in [1.29, 1.82) is 0 Å². The zero-order valence-corrected chi connectivity index (χ0v) is 18.7. The second-order valence-electron chi connectivity index (χ2n) is 8.23. The van der Waals surface area contributed by atoms with Gasteiger partial charge in [0.05, 0.1) is 18.2 Å². The highest BCUT2D eigenvalue weighted by molar-refractivity contribution is 5.95. The molecule has 0 bridgehead atoms. The van der Waals surface area contributed by atoms with Crippen molar-refractivity contribution in [2.24, 2.45) is 0 Å². The van der Waals surface area contributed by atoms with Crippen LogP contribution in [0.2, 0.25) is 0 Å². The van der Waals surface area contributed by atoms with Gasteiger partial charge in [-0.2, -0.15) is 0 Å². The van der Waals surface area contributed by atoms with Crippen molar-refractivity contribution in [3.05, 3.63) is 82.8 Å². The Morgan fingerprint density at radius 2 is 1.64 bits per heavy atom. The number of ether oxygens (including phenoxy) is 1. The lowest BCUT2D eigenvalue weighted by Crippen LogP contribution is -2.51. The molecule has 2 aliphatic heterocycles. The lowest BCUT2D eigenvalue weighted by Gasteiger charge is -2.37. The Balaban J connectivity index is 1.50. The van der Waals surface area contributed by atoms with Crippen LogP contribution < -0.4 is 10.6 Å². The normalized spacial score (nSPS) is 19.7. The molecule has 1 saturated heterocycles. The molecule has 1 atom stereocenters. The molecule has 2 aromatic rings. The minimum absolute atomic E-state index is 0.220. The molecule has 4 rings (SSSR count). The zero-order valence-electron chi connectivity index (χ0n) is 18.7. The van der Waals surface area contributed by atoms with Crippen molar-refractivity contribution in [3.8, 4) is 0 Å². The number of nitrogens with zero attached hydrogens (tertiary/aromatic N) is 2. The molecule has 33 heavy (non-hydrogen) atoms. The van der Waals surface area contributed by atoms with E-state index in [0.717, 1.165) is 32.7 Å². The van der Waals surface area contributed by atoms with Crippen molar-refractivity contribution in [2.75, 3.05) is 39.3 Å². The van der Waals surface area contributed by atoms with Gasteiger partial charge in [0.25, 0.3) is 0 Å². The van der Waals surface area contributed by atoms with E-state index in [-0.39, 0.29) is 12.4 Å². The third kappa shape index (κ3) is 5.77. The molecular weight excluding hydrogens is 423 g/mol. The number of benzene rings is 2. The number of hydrogen-bond acceptors (Lipinski definition) is 5. The summed E-state index contributed by atoms with van der Waals surface area (Å²) in [6.45, 7) is 6.71. The van der Waals surface area contributed by atoms with Crippen LogP contribution in [0.4, 0.5) is 9.18 Å². The minimum atomic E-state index is -0.701. The number of esters is 1. The maximum Gasteiger partial charge on any atom is 0.338 e. The number of amides is 2. The molecule has 0 radical (unpaired) electrons. The van der Waals surface area contributed by atoms with Crippen LogP contribution in [0.25, 0.3) is 0 Å². The summed E-state index contributed by atoms with van der Waals surface area (Å²) < 4.78 is 18.8. The molecule has 1 fully saturated rings. The first-order valence-electron chi connectivity index (χ1n) is 11.2. The van der Waals surface area contributed by atoms with Crippen LogP contribution in [-0.4, -0.2) is 61.1 Å². The van der Waals surface area contributed by atoms with Gasteiger partial charge in [-0.25, -0.2) is 14.0 Å². The first-order chi connectivity index (χ1) is 16.0. The molecule has 8 heteroatoms. The van der Waals surface area contributed by atoms with E-state index >= 15 is 0 Å². The monoisotopic (exact) mass is 452 g/mol. The van der Waals surface area contributed by atoms with Crippen LogP contribution in [0.1, 0.15) is 24.1 Å². The fraction of sp³-hybridized carbons (Fsp3) is 0.360. The summed E-state index contributed by atoms with van der Waals surface area (Å²) in [4.78, 5) is 30.0. The van der Waals surface area contributed by atoms with E-state index in [1.54, 1.807) is 19.1 Å². The van der Waals surface area contributed by atoms with E-state index in [1.807, 2.05) is 18.2 Å². The molecule has 2 amide bonds. The smallest absolute Gasteiger partial charge is 0.338 e. The van der Waals surface area contributed by atoms with Crippen molar-refractivity contribution in [2.45, 2.75) is 19.5 Å². The summed E-state index contributed by atoms with van der Waals surface area (Å²) in [6, 6.07) is 15.1. The number of hydrogen-bond donors (Lipinski definition) is 2. The van der Waals surface area contributed by atoms with Gasteiger partial charge in [-0.1, -0.05) is 42.5 Å². The SMILES string of the molecule is CCOC(=O)C1=C(CN2CCN(Cc3ccccc3)CC2)NC(=O)N[C@@H]1c1ccc(F)cc1. The highest BCUT2D eigenvalue weighted by Crippen LogP contribution is 2.28. The molecule has 174 valence electrons. The highest BCUT2D eigenvalue weighted by atomic mass is 19.1. The molecule has 0 aromatic heterocycles. The molecule has 2 heterocycles.